The highest BCUT2D eigenvalue weighted by molar-refractivity contribution is 5.97. The van der Waals surface area contributed by atoms with Gasteiger partial charge in [0.15, 0.2) is 5.78 Å². The number of carbonyl (C=O) groups excluding carboxylic acids is 2. The van der Waals surface area contributed by atoms with E-state index < -0.39 is 5.82 Å². The van der Waals surface area contributed by atoms with Gasteiger partial charge in [0.05, 0.1) is 12.1 Å². The van der Waals surface area contributed by atoms with Crippen LogP contribution in [0, 0.1) is 5.82 Å². The number of hydrogen-bond acceptors (Lipinski definition) is 3. The summed E-state index contributed by atoms with van der Waals surface area (Å²) < 4.78 is 13.4. The molecule has 0 spiro atoms. The average molecular weight is 250 g/mol. The Morgan fingerprint density at radius 3 is 2.89 bits per heavy atom. The first kappa shape index (κ1) is 12.7. The van der Waals surface area contributed by atoms with E-state index in [1.54, 1.807) is 12.1 Å². The summed E-state index contributed by atoms with van der Waals surface area (Å²) in [6, 6.07) is 5.96. The van der Waals surface area contributed by atoms with Crippen molar-refractivity contribution in [2.24, 2.45) is 0 Å². The van der Waals surface area contributed by atoms with Crippen LogP contribution in [0.25, 0.3) is 0 Å². The van der Waals surface area contributed by atoms with Crippen molar-refractivity contribution < 1.29 is 14.0 Å². The minimum Gasteiger partial charge on any atom is -0.355 e. The van der Waals surface area contributed by atoms with Crippen molar-refractivity contribution in [3.8, 4) is 0 Å². The first-order valence-corrected chi connectivity index (χ1v) is 5.93. The number of hydrogen-bond donors (Lipinski definition) is 1. The number of rotatable bonds is 3. The fourth-order valence-corrected chi connectivity index (χ4v) is 1.95. The van der Waals surface area contributed by atoms with Crippen LogP contribution in [0.1, 0.15) is 16.8 Å². The molecular weight excluding hydrogens is 235 g/mol. The van der Waals surface area contributed by atoms with Gasteiger partial charge in [0, 0.05) is 26.1 Å². The quantitative estimate of drug-likeness (QED) is 0.808. The third-order valence-electron chi connectivity index (χ3n) is 2.95. The predicted molar refractivity (Wildman–Crippen MR) is 64.8 cm³/mol. The van der Waals surface area contributed by atoms with Crippen LogP contribution >= 0.6 is 0 Å². The standard InChI is InChI=1S/C13H15FN2O2/c14-11-4-2-1-3-10(11)12(17)9-16-7-5-13(18)15-6-8-16/h1-4H,5-9H2,(H,15,18). The molecule has 96 valence electrons. The van der Waals surface area contributed by atoms with E-state index in [1.807, 2.05) is 4.90 Å². The Labute approximate surface area is 105 Å². The van der Waals surface area contributed by atoms with Crippen LogP contribution in [0.4, 0.5) is 4.39 Å². The maximum Gasteiger partial charge on any atom is 0.221 e. The third-order valence-corrected chi connectivity index (χ3v) is 2.95. The van der Waals surface area contributed by atoms with Crippen LogP contribution in [0.2, 0.25) is 0 Å². The van der Waals surface area contributed by atoms with E-state index in [-0.39, 0.29) is 23.8 Å². The van der Waals surface area contributed by atoms with Crippen LogP contribution in [0.15, 0.2) is 24.3 Å². The largest absolute Gasteiger partial charge is 0.355 e. The van der Waals surface area contributed by atoms with E-state index in [9.17, 15) is 14.0 Å². The Hall–Kier alpha value is -1.75. The summed E-state index contributed by atoms with van der Waals surface area (Å²) in [5.41, 5.74) is 0.112. The lowest BCUT2D eigenvalue weighted by Crippen LogP contribution is -2.33. The Balaban J connectivity index is 1.99. The maximum atomic E-state index is 13.4. The van der Waals surface area contributed by atoms with Crippen LogP contribution < -0.4 is 5.32 Å². The second-order valence-corrected chi connectivity index (χ2v) is 4.28. The fraction of sp³-hybridized carbons (Fsp3) is 0.385. The highest BCUT2D eigenvalue weighted by Gasteiger charge is 2.18. The Kier molecular flexibility index (Phi) is 4.04. The van der Waals surface area contributed by atoms with Gasteiger partial charge in [-0.25, -0.2) is 4.39 Å². The minimum atomic E-state index is -0.494. The summed E-state index contributed by atoms with van der Waals surface area (Å²) in [5.74, 6) is -0.746. The lowest BCUT2D eigenvalue weighted by Gasteiger charge is -2.17. The summed E-state index contributed by atoms with van der Waals surface area (Å²) in [6.45, 7) is 1.83. The number of halogens is 1. The van der Waals surface area contributed by atoms with E-state index in [2.05, 4.69) is 5.32 Å². The summed E-state index contributed by atoms with van der Waals surface area (Å²) >= 11 is 0. The zero-order valence-corrected chi connectivity index (χ0v) is 9.99. The molecule has 1 saturated heterocycles. The van der Waals surface area contributed by atoms with Crippen molar-refractivity contribution in [1.82, 2.24) is 10.2 Å². The van der Waals surface area contributed by atoms with Crippen molar-refractivity contribution in [1.29, 1.82) is 0 Å². The molecule has 2 rings (SSSR count). The third kappa shape index (κ3) is 3.13. The number of ketones is 1. The number of benzene rings is 1. The molecule has 1 aromatic rings. The average Bonchev–Trinajstić information content (AvgIpc) is 2.55. The molecule has 1 aliphatic heterocycles. The monoisotopic (exact) mass is 250 g/mol. The molecule has 1 heterocycles. The second kappa shape index (κ2) is 5.73. The molecule has 1 aromatic carbocycles. The number of nitrogens with zero attached hydrogens (tertiary/aromatic N) is 1. The molecule has 0 aliphatic carbocycles. The van der Waals surface area contributed by atoms with Gasteiger partial charge in [0.1, 0.15) is 5.82 Å². The van der Waals surface area contributed by atoms with Gasteiger partial charge in [-0.2, -0.15) is 0 Å². The fourth-order valence-electron chi connectivity index (χ4n) is 1.95. The molecule has 0 bridgehead atoms. The minimum absolute atomic E-state index is 0.00385. The van der Waals surface area contributed by atoms with Gasteiger partial charge in [0.25, 0.3) is 0 Å². The first-order valence-electron chi connectivity index (χ1n) is 5.93. The maximum absolute atomic E-state index is 13.4. The molecule has 0 radical (unpaired) electrons. The molecule has 4 nitrogen and oxygen atoms in total. The normalized spacial score (nSPS) is 17.1. The highest BCUT2D eigenvalue weighted by atomic mass is 19.1. The van der Waals surface area contributed by atoms with Gasteiger partial charge in [-0.3, -0.25) is 14.5 Å². The molecule has 1 fully saturated rings. The zero-order valence-electron chi connectivity index (χ0n) is 9.99. The van der Waals surface area contributed by atoms with Crippen LogP contribution in [0.3, 0.4) is 0 Å². The van der Waals surface area contributed by atoms with E-state index in [1.165, 1.54) is 12.1 Å². The number of Topliss-reactive ketones (excluding diaryl/α,β-unsaturated/α-hetero) is 1. The van der Waals surface area contributed by atoms with Gasteiger partial charge < -0.3 is 5.32 Å². The Morgan fingerprint density at radius 1 is 1.33 bits per heavy atom. The van der Waals surface area contributed by atoms with Gasteiger partial charge in [0.2, 0.25) is 5.91 Å². The van der Waals surface area contributed by atoms with Crippen molar-refractivity contribution in [3.05, 3.63) is 35.6 Å². The zero-order chi connectivity index (χ0) is 13.0. The number of amides is 1. The number of nitrogens with one attached hydrogen (secondary N) is 1. The number of carbonyl (C=O) groups is 2. The van der Waals surface area contributed by atoms with Crippen LogP contribution in [-0.2, 0) is 4.79 Å². The van der Waals surface area contributed by atoms with Gasteiger partial charge in [-0.05, 0) is 12.1 Å². The lowest BCUT2D eigenvalue weighted by molar-refractivity contribution is -0.120. The molecule has 0 saturated carbocycles. The van der Waals surface area contributed by atoms with Gasteiger partial charge >= 0.3 is 0 Å². The Morgan fingerprint density at radius 2 is 2.11 bits per heavy atom. The SMILES string of the molecule is O=C1CCN(CC(=O)c2ccccc2F)CCN1. The van der Waals surface area contributed by atoms with Crippen LogP contribution in [0.5, 0.6) is 0 Å². The van der Waals surface area contributed by atoms with Gasteiger partial charge in [-0.15, -0.1) is 0 Å². The molecule has 1 amide bonds. The van der Waals surface area contributed by atoms with Crippen LogP contribution in [-0.4, -0.2) is 42.8 Å². The van der Waals surface area contributed by atoms with E-state index in [0.717, 1.165) is 0 Å². The molecule has 1 aliphatic rings. The lowest BCUT2D eigenvalue weighted by atomic mass is 10.1. The Bertz CT molecular complexity index is 462. The predicted octanol–water partition coefficient (Wildman–Crippen LogP) is 0.830. The molecule has 0 atom stereocenters. The summed E-state index contributed by atoms with van der Waals surface area (Å²) in [5, 5.41) is 2.73. The van der Waals surface area contributed by atoms with Crippen molar-refractivity contribution in [2.45, 2.75) is 6.42 Å². The molecule has 1 N–H and O–H groups in total. The van der Waals surface area contributed by atoms with Crippen molar-refractivity contribution >= 4 is 11.7 Å². The second-order valence-electron chi connectivity index (χ2n) is 4.28. The molecule has 18 heavy (non-hydrogen) atoms. The van der Waals surface area contributed by atoms with E-state index >= 15 is 0 Å². The molecule has 0 aromatic heterocycles. The van der Waals surface area contributed by atoms with E-state index in [4.69, 9.17) is 0 Å². The first-order chi connectivity index (χ1) is 8.66. The summed E-state index contributed by atoms with van der Waals surface area (Å²) in [6.07, 6.45) is 0.380. The summed E-state index contributed by atoms with van der Waals surface area (Å²) in [4.78, 5) is 25.0. The molecule has 5 heteroatoms. The smallest absolute Gasteiger partial charge is 0.221 e. The van der Waals surface area contributed by atoms with Crippen molar-refractivity contribution in [2.75, 3.05) is 26.2 Å². The van der Waals surface area contributed by atoms with E-state index in [0.29, 0.717) is 26.1 Å². The highest BCUT2D eigenvalue weighted by Crippen LogP contribution is 2.08. The molecular formula is C13H15FN2O2. The topological polar surface area (TPSA) is 49.4 Å². The molecule has 0 unspecified atom stereocenters. The van der Waals surface area contributed by atoms with Gasteiger partial charge in [-0.1, -0.05) is 12.1 Å². The summed E-state index contributed by atoms with van der Waals surface area (Å²) in [7, 11) is 0. The van der Waals surface area contributed by atoms with Crippen molar-refractivity contribution in [3.63, 3.8) is 0 Å².